The Morgan fingerprint density at radius 2 is 2.07 bits per heavy atom. The Morgan fingerprint density at radius 3 is 2.60 bits per heavy atom. The number of thiol groups is 1. The van der Waals surface area contributed by atoms with Crippen LogP contribution in [0, 0.1) is 0 Å². The fraction of sp³-hybridized carbons (Fsp3) is 0.300. The second-order valence-electron chi connectivity index (χ2n) is 3.42. The van der Waals surface area contributed by atoms with Crippen LogP contribution in [-0.4, -0.2) is 20.8 Å². The maximum Gasteiger partial charge on any atom is 0.171 e. The molecule has 0 unspecified atom stereocenters. The van der Waals surface area contributed by atoms with E-state index in [1.165, 1.54) is 12.1 Å². The smallest absolute Gasteiger partial charge is 0.171 e. The highest BCUT2D eigenvalue weighted by molar-refractivity contribution is 7.72. The summed E-state index contributed by atoms with van der Waals surface area (Å²) in [6.07, 6.45) is 2.68. The van der Waals surface area contributed by atoms with E-state index in [2.05, 4.69) is 0 Å². The van der Waals surface area contributed by atoms with E-state index >= 15 is 0 Å². The summed E-state index contributed by atoms with van der Waals surface area (Å²) in [5.74, 6) is 0.346. The Morgan fingerprint density at radius 1 is 1.33 bits per heavy atom. The molecule has 0 atom stereocenters. The fourth-order valence-corrected chi connectivity index (χ4v) is 1.78. The average molecular weight is 226 g/mol. The number of hydrogen-bond acceptors (Lipinski definition) is 4. The molecule has 0 spiro atoms. The molecule has 80 valence electrons. The molecule has 15 heavy (non-hydrogen) atoms. The number of aldehydes is 1. The summed E-state index contributed by atoms with van der Waals surface area (Å²) in [5, 5.41) is 0. The first kappa shape index (κ1) is 10.2. The van der Waals surface area contributed by atoms with Gasteiger partial charge in [0.15, 0.2) is 10.7 Å². The van der Waals surface area contributed by atoms with Crippen LogP contribution < -0.4 is 4.74 Å². The van der Waals surface area contributed by atoms with Gasteiger partial charge in [-0.1, -0.05) is 0 Å². The lowest BCUT2D eigenvalue weighted by atomic mass is 10.2. The van der Waals surface area contributed by atoms with Crippen molar-refractivity contribution in [2.75, 3.05) is 0 Å². The molecule has 0 bridgehead atoms. The lowest BCUT2D eigenvalue weighted by molar-refractivity contribution is 0.112. The SMILES string of the molecule is O=Cc1ccc(OC2CC2)c([SH](=O)=O)c1. The Balaban J connectivity index is 2.38. The zero-order valence-corrected chi connectivity index (χ0v) is 8.78. The van der Waals surface area contributed by atoms with E-state index in [4.69, 9.17) is 4.74 Å². The van der Waals surface area contributed by atoms with Gasteiger partial charge < -0.3 is 4.74 Å². The van der Waals surface area contributed by atoms with Gasteiger partial charge in [0.1, 0.15) is 16.9 Å². The largest absolute Gasteiger partial charge is 0.489 e. The third-order valence-electron chi connectivity index (χ3n) is 2.13. The topological polar surface area (TPSA) is 60.4 Å². The van der Waals surface area contributed by atoms with Crippen molar-refractivity contribution >= 4 is 17.0 Å². The van der Waals surface area contributed by atoms with Gasteiger partial charge in [-0.15, -0.1) is 0 Å². The fourth-order valence-electron chi connectivity index (χ4n) is 1.22. The highest BCUT2D eigenvalue weighted by atomic mass is 32.2. The van der Waals surface area contributed by atoms with Crippen LogP contribution in [0.25, 0.3) is 0 Å². The number of carbonyl (C=O) groups excluding carboxylic acids is 1. The van der Waals surface area contributed by atoms with Crippen LogP contribution in [0.5, 0.6) is 5.75 Å². The summed E-state index contributed by atoms with van der Waals surface area (Å²) in [6, 6.07) is 4.41. The minimum Gasteiger partial charge on any atom is -0.489 e. The van der Waals surface area contributed by atoms with Crippen molar-refractivity contribution in [2.45, 2.75) is 23.8 Å². The van der Waals surface area contributed by atoms with Crippen molar-refractivity contribution in [3.05, 3.63) is 23.8 Å². The Hall–Kier alpha value is -1.36. The van der Waals surface area contributed by atoms with Crippen molar-refractivity contribution < 1.29 is 17.9 Å². The quantitative estimate of drug-likeness (QED) is 0.615. The molecule has 0 amide bonds. The average Bonchev–Trinajstić information content (AvgIpc) is 3.02. The van der Waals surface area contributed by atoms with Crippen molar-refractivity contribution in [1.82, 2.24) is 0 Å². The third kappa shape index (κ3) is 2.36. The van der Waals surface area contributed by atoms with Gasteiger partial charge in [-0.05, 0) is 31.0 Å². The molecule has 0 saturated heterocycles. The van der Waals surface area contributed by atoms with Crippen molar-refractivity contribution in [2.24, 2.45) is 0 Å². The molecular weight excluding hydrogens is 216 g/mol. The van der Waals surface area contributed by atoms with Gasteiger partial charge in [0.05, 0.1) is 6.10 Å². The molecule has 0 heterocycles. The molecule has 5 heteroatoms. The Kier molecular flexibility index (Phi) is 2.73. The summed E-state index contributed by atoms with van der Waals surface area (Å²) in [6.45, 7) is 0. The molecule has 0 N–H and O–H groups in total. The maximum absolute atomic E-state index is 10.9. The summed E-state index contributed by atoms with van der Waals surface area (Å²) in [4.78, 5) is 10.6. The first-order valence-electron chi connectivity index (χ1n) is 4.61. The van der Waals surface area contributed by atoms with Crippen LogP contribution in [-0.2, 0) is 10.7 Å². The van der Waals surface area contributed by atoms with E-state index < -0.39 is 10.7 Å². The van der Waals surface area contributed by atoms with Gasteiger partial charge in [0, 0.05) is 5.56 Å². The molecule has 1 aromatic rings. The molecule has 4 nitrogen and oxygen atoms in total. The number of carbonyl (C=O) groups is 1. The molecule has 2 rings (SSSR count). The van der Waals surface area contributed by atoms with Gasteiger partial charge in [0.2, 0.25) is 0 Å². The zero-order valence-electron chi connectivity index (χ0n) is 7.88. The molecule has 1 fully saturated rings. The molecule has 1 aliphatic carbocycles. The molecule has 0 aliphatic heterocycles. The Labute approximate surface area is 88.8 Å². The first-order valence-corrected chi connectivity index (χ1v) is 5.78. The number of rotatable bonds is 4. The van der Waals surface area contributed by atoms with Crippen LogP contribution in [0.3, 0.4) is 0 Å². The minimum atomic E-state index is -2.73. The summed E-state index contributed by atoms with van der Waals surface area (Å²) < 4.78 is 27.3. The first-order chi connectivity index (χ1) is 7.20. The molecule has 1 aliphatic rings. The lowest BCUT2D eigenvalue weighted by Gasteiger charge is -2.06. The van der Waals surface area contributed by atoms with Gasteiger partial charge in [-0.25, -0.2) is 8.42 Å². The van der Waals surface area contributed by atoms with Crippen molar-refractivity contribution in [3.8, 4) is 5.75 Å². The van der Waals surface area contributed by atoms with E-state index in [0.717, 1.165) is 12.8 Å². The van der Waals surface area contributed by atoms with Gasteiger partial charge in [-0.2, -0.15) is 0 Å². The van der Waals surface area contributed by atoms with Crippen LogP contribution >= 0.6 is 0 Å². The summed E-state index contributed by atoms with van der Waals surface area (Å²) in [5.41, 5.74) is 0.340. The third-order valence-corrected chi connectivity index (χ3v) is 2.88. The van der Waals surface area contributed by atoms with E-state index in [-0.39, 0.29) is 11.0 Å². The van der Waals surface area contributed by atoms with Crippen LogP contribution in [0.15, 0.2) is 23.1 Å². The monoisotopic (exact) mass is 226 g/mol. The van der Waals surface area contributed by atoms with E-state index in [0.29, 0.717) is 17.6 Å². The normalized spacial score (nSPS) is 15.3. The predicted octanol–water partition coefficient (Wildman–Crippen LogP) is 1.01. The maximum atomic E-state index is 10.9. The van der Waals surface area contributed by atoms with Crippen molar-refractivity contribution in [3.63, 3.8) is 0 Å². The van der Waals surface area contributed by atoms with Gasteiger partial charge in [-0.3, -0.25) is 4.79 Å². The second kappa shape index (κ2) is 4.02. The molecular formula is C10H10O4S. The molecule has 1 aromatic carbocycles. The summed E-state index contributed by atoms with van der Waals surface area (Å²) >= 11 is 0. The van der Waals surface area contributed by atoms with Crippen LogP contribution in [0.1, 0.15) is 23.2 Å². The number of hydrogen-bond donors (Lipinski definition) is 1. The van der Waals surface area contributed by atoms with Gasteiger partial charge >= 0.3 is 0 Å². The van der Waals surface area contributed by atoms with E-state index in [1.54, 1.807) is 6.07 Å². The van der Waals surface area contributed by atoms with Crippen LogP contribution in [0.4, 0.5) is 0 Å². The molecule has 0 aromatic heterocycles. The molecule has 0 radical (unpaired) electrons. The molecule has 1 saturated carbocycles. The standard InChI is InChI=1S/C10H10O4S/c11-6-7-1-4-9(14-8-2-3-8)10(5-7)15(12)13/h1,4-6,8,15H,2-3H2. The van der Waals surface area contributed by atoms with Crippen LogP contribution in [0.2, 0.25) is 0 Å². The second-order valence-corrected chi connectivity index (χ2v) is 4.42. The summed E-state index contributed by atoms with van der Waals surface area (Å²) in [7, 11) is -2.73. The Bertz CT molecular complexity index is 452. The number of benzene rings is 1. The van der Waals surface area contributed by atoms with E-state index in [1.807, 2.05) is 0 Å². The number of ether oxygens (including phenoxy) is 1. The zero-order chi connectivity index (χ0) is 10.8. The van der Waals surface area contributed by atoms with E-state index in [9.17, 15) is 13.2 Å². The lowest BCUT2D eigenvalue weighted by Crippen LogP contribution is -1.99. The minimum absolute atomic E-state index is 0.0847. The highest BCUT2D eigenvalue weighted by Crippen LogP contribution is 2.30. The predicted molar refractivity (Wildman–Crippen MR) is 54.1 cm³/mol. The van der Waals surface area contributed by atoms with Crippen molar-refractivity contribution in [1.29, 1.82) is 0 Å². The van der Waals surface area contributed by atoms with Gasteiger partial charge in [0.25, 0.3) is 0 Å². The highest BCUT2D eigenvalue weighted by Gasteiger charge is 2.24.